The number of piperidine rings is 1. The predicted molar refractivity (Wildman–Crippen MR) is 60.6 cm³/mol. The van der Waals surface area contributed by atoms with Gasteiger partial charge < -0.3 is 10.2 Å². The van der Waals surface area contributed by atoms with Gasteiger partial charge in [0.1, 0.15) is 0 Å². The summed E-state index contributed by atoms with van der Waals surface area (Å²) in [5.74, 6) is 0.669. The summed E-state index contributed by atoms with van der Waals surface area (Å²) in [6.45, 7) is 5.75. The summed E-state index contributed by atoms with van der Waals surface area (Å²) < 4.78 is 0. The highest BCUT2D eigenvalue weighted by atomic mass is 16.2. The van der Waals surface area contributed by atoms with Gasteiger partial charge in [0.15, 0.2) is 0 Å². The number of rotatable bonds is 4. The van der Waals surface area contributed by atoms with Crippen molar-refractivity contribution in [3.63, 3.8) is 0 Å². The Labute approximate surface area is 92.2 Å². The number of hydrogen-bond acceptors (Lipinski definition) is 2. The Morgan fingerprint density at radius 3 is 2.47 bits per heavy atom. The van der Waals surface area contributed by atoms with Crippen molar-refractivity contribution in [3.8, 4) is 0 Å². The molecular formula is C12H22N2O. The lowest BCUT2D eigenvalue weighted by molar-refractivity contribution is -0.123. The molecule has 1 saturated carbocycles. The summed E-state index contributed by atoms with van der Waals surface area (Å²) in [5.41, 5.74) is 0. The highest BCUT2D eigenvalue weighted by Gasteiger charge is 2.31. The van der Waals surface area contributed by atoms with Gasteiger partial charge in [-0.05, 0) is 38.6 Å². The van der Waals surface area contributed by atoms with Crippen LogP contribution in [0.25, 0.3) is 0 Å². The van der Waals surface area contributed by atoms with E-state index in [4.69, 9.17) is 0 Å². The van der Waals surface area contributed by atoms with Crippen LogP contribution in [-0.2, 0) is 4.79 Å². The molecule has 0 radical (unpaired) electrons. The van der Waals surface area contributed by atoms with Crippen molar-refractivity contribution >= 4 is 5.91 Å². The smallest absolute Gasteiger partial charge is 0.223 e. The zero-order valence-electron chi connectivity index (χ0n) is 9.67. The molecule has 1 heterocycles. The molecule has 1 aliphatic carbocycles. The van der Waals surface area contributed by atoms with Gasteiger partial charge in [-0.1, -0.05) is 6.92 Å². The molecule has 0 aromatic rings. The average molecular weight is 210 g/mol. The molecule has 1 amide bonds. The van der Waals surface area contributed by atoms with E-state index >= 15 is 0 Å². The zero-order chi connectivity index (χ0) is 10.7. The maximum atomic E-state index is 11.6. The van der Waals surface area contributed by atoms with Gasteiger partial charge in [0.2, 0.25) is 5.91 Å². The van der Waals surface area contributed by atoms with Crippen LogP contribution in [0.5, 0.6) is 0 Å². The molecule has 0 aromatic carbocycles. The number of hydrogen-bond donors (Lipinski definition) is 1. The highest BCUT2D eigenvalue weighted by Crippen LogP contribution is 2.29. The number of carbonyl (C=O) groups is 1. The third-order valence-corrected chi connectivity index (χ3v) is 3.42. The first-order valence-electron chi connectivity index (χ1n) is 6.32. The summed E-state index contributed by atoms with van der Waals surface area (Å²) >= 11 is 0. The molecule has 1 saturated heterocycles. The van der Waals surface area contributed by atoms with Gasteiger partial charge in [0, 0.05) is 25.0 Å². The highest BCUT2D eigenvalue weighted by molar-refractivity contribution is 5.81. The topological polar surface area (TPSA) is 32.3 Å². The fourth-order valence-corrected chi connectivity index (χ4v) is 2.28. The van der Waals surface area contributed by atoms with Crippen LogP contribution in [0.1, 0.15) is 39.0 Å². The van der Waals surface area contributed by atoms with Gasteiger partial charge in [-0.25, -0.2) is 0 Å². The molecule has 0 aromatic heterocycles. The summed E-state index contributed by atoms with van der Waals surface area (Å²) in [4.78, 5) is 14.1. The fraction of sp³-hybridized carbons (Fsp3) is 0.917. The number of amides is 1. The number of likely N-dealkylation sites (tertiary alicyclic amines) is 1. The fourth-order valence-electron chi connectivity index (χ4n) is 2.28. The van der Waals surface area contributed by atoms with E-state index in [1.54, 1.807) is 0 Å². The average Bonchev–Trinajstić information content (AvgIpc) is 3.04. The van der Waals surface area contributed by atoms with E-state index in [1.165, 1.54) is 13.0 Å². The lowest BCUT2D eigenvalue weighted by atomic mass is 10.0. The molecule has 0 bridgehead atoms. The Morgan fingerprint density at radius 2 is 1.93 bits per heavy atom. The molecule has 0 spiro atoms. The van der Waals surface area contributed by atoms with Crippen LogP contribution in [0.3, 0.4) is 0 Å². The van der Waals surface area contributed by atoms with E-state index < -0.39 is 0 Å². The molecule has 0 unspecified atom stereocenters. The summed E-state index contributed by atoms with van der Waals surface area (Å²) in [5, 5.41) is 3.18. The predicted octanol–water partition coefficient (Wildman–Crippen LogP) is 1.39. The zero-order valence-corrected chi connectivity index (χ0v) is 9.67. The second-order valence-electron chi connectivity index (χ2n) is 4.90. The van der Waals surface area contributed by atoms with E-state index in [2.05, 4.69) is 17.1 Å². The van der Waals surface area contributed by atoms with Gasteiger partial charge in [-0.3, -0.25) is 4.79 Å². The Hall–Kier alpha value is -0.570. The van der Waals surface area contributed by atoms with Gasteiger partial charge in [0.25, 0.3) is 0 Å². The molecule has 1 aliphatic heterocycles. The summed E-state index contributed by atoms with van der Waals surface area (Å²) in [6.07, 6.45) is 5.73. The Morgan fingerprint density at radius 1 is 1.27 bits per heavy atom. The second-order valence-corrected chi connectivity index (χ2v) is 4.90. The van der Waals surface area contributed by atoms with E-state index in [9.17, 15) is 4.79 Å². The van der Waals surface area contributed by atoms with Gasteiger partial charge in [-0.2, -0.15) is 0 Å². The summed E-state index contributed by atoms with van der Waals surface area (Å²) in [7, 11) is 0. The maximum absolute atomic E-state index is 11.6. The molecule has 1 N–H and O–H groups in total. The molecule has 2 rings (SSSR count). The number of nitrogens with one attached hydrogen (secondary N) is 1. The van der Waals surface area contributed by atoms with Crippen LogP contribution in [0.15, 0.2) is 0 Å². The van der Waals surface area contributed by atoms with Crippen LogP contribution in [0, 0.1) is 5.92 Å². The molecule has 15 heavy (non-hydrogen) atoms. The number of nitrogens with zero attached hydrogens (tertiary/aromatic N) is 1. The van der Waals surface area contributed by atoms with Crippen molar-refractivity contribution in [2.75, 3.05) is 19.6 Å². The quantitative estimate of drug-likeness (QED) is 0.760. The Balaban J connectivity index is 1.66. The largest absolute Gasteiger partial charge is 0.353 e. The summed E-state index contributed by atoms with van der Waals surface area (Å²) in [6, 6.07) is 0.450. The van der Waals surface area contributed by atoms with Crippen molar-refractivity contribution in [2.45, 2.75) is 45.1 Å². The minimum atomic E-state index is 0.309. The minimum Gasteiger partial charge on any atom is -0.353 e. The monoisotopic (exact) mass is 210 g/mol. The van der Waals surface area contributed by atoms with E-state index in [0.29, 0.717) is 17.9 Å². The SMILES string of the molecule is CCCN1CCC(NC(=O)C2CC2)CC1. The van der Waals surface area contributed by atoms with Crippen molar-refractivity contribution < 1.29 is 4.79 Å². The lowest BCUT2D eigenvalue weighted by Gasteiger charge is -2.32. The second kappa shape index (κ2) is 4.97. The molecule has 86 valence electrons. The van der Waals surface area contributed by atoms with Gasteiger partial charge in [0.05, 0.1) is 0 Å². The third-order valence-electron chi connectivity index (χ3n) is 3.42. The van der Waals surface area contributed by atoms with Crippen molar-refractivity contribution in [1.29, 1.82) is 0 Å². The molecule has 3 heteroatoms. The molecule has 2 aliphatic rings. The molecular weight excluding hydrogens is 188 g/mol. The minimum absolute atomic E-state index is 0.309. The van der Waals surface area contributed by atoms with E-state index in [1.807, 2.05) is 0 Å². The first-order valence-corrected chi connectivity index (χ1v) is 6.32. The third kappa shape index (κ3) is 3.20. The van der Waals surface area contributed by atoms with Crippen LogP contribution in [0.2, 0.25) is 0 Å². The van der Waals surface area contributed by atoms with Crippen LogP contribution < -0.4 is 5.32 Å². The van der Waals surface area contributed by atoms with E-state index in [-0.39, 0.29) is 0 Å². The molecule has 2 fully saturated rings. The van der Waals surface area contributed by atoms with Gasteiger partial charge in [-0.15, -0.1) is 0 Å². The number of carbonyl (C=O) groups excluding carboxylic acids is 1. The van der Waals surface area contributed by atoms with Crippen molar-refractivity contribution in [2.24, 2.45) is 5.92 Å². The van der Waals surface area contributed by atoms with Crippen LogP contribution in [-0.4, -0.2) is 36.5 Å². The van der Waals surface area contributed by atoms with Crippen molar-refractivity contribution in [3.05, 3.63) is 0 Å². The lowest BCUT2D eigenvalue weighted by Crippen LogP contribution is -2.45. The standard InChI is InChI=1S/C12H22N2O/c1-2-7-14-8-5-11(6-9-14)13-12(15)10-3-4-10/h10-11H,2-9H2,1H3,(H,13,15). The van der Waals surface area contributed by atoms with Crippen molar-refractivity contribution in [1.82, 2.24) is 10.2 Å². The maximum Gasteiger partial charge on any atom is 0.223 e. The molecule has 0 atom stereocenters. The first kappa shape index (κ1) is 10.9. The van der Waals surface area contributed by atoms with Crippen LogP contribution >= 0.6 is 0 Å². The normalized spacial score (nSPS) is 24.1. The van der Waals surface area contributed by atoms with Crippen LogP contribution in [0.4, 0.5) is 0 Å². The van der Waals surface area contributed by atoms with E-state index in [0.717, 1.165) is 38.8 Å². The Bertz CT molecular complexity index is 218. The van der Waals surface area contributed by atoms with Gasteiger partial charge >= 0.3 is 0 Å². The Kier molecular flexibility index (Phi) is 3.62. The molecule has 3 nitrogen and oxygen atoms in total. The first-order chi connectivity index (χ1) is 7.29.